The Labute approximate surface area is 249 Å². The van der Waals surface area contributed by atoms with E-state index >= 15 is 0 Å². The van der Waals surface area contributed by atoms with Gasteiger partial charge in [0.15, 0.2) is 36.8 Å². The fourth-order valence-corrected chi connectivity index (χ4v) is 7.41. The van der Waals surface area contributed by atoms with E-state index in [2.05, 4.69) is 112 Å². The highest BCUT2D eigenvalue weighted by Gasteiger charge is 2.62. The molecular weight excluding hydrogens is 575 g/mol. The summed E-state index contributed by atoms with van der Waals surface area (Å²) in [5.74, 6) is 0. The Bertz CT molecular complexity index is 1210. The summed E-state index contributed by atoms with van der Waals surface area (Å²) in [5.41, 5.74) is -2.52. The Kier molecular flexibility index (Phi) is 10.2. The van der Waals surface area contributed by atoms with Crippen LogP contribution in [0, 0.1) is 0 Å². The zero-order valence-corrected chi connectivity index (χ0v) is 31.0. The van der Waals surface area contributed by atoms with Gasteiger partial charge in [-0.25, -0.2) is 4.79 Å². The molecule has 1 aromatic rings. The average Bonchev–Trinajstić information content (AvgIpc) is 3.03. The molecule has 1 aliphatic rings. The highest BCUT2D eigenvalue weighted by atomic mass is 28.4. The molecule has 1 fully saturated rings. The maximum Gasteiger partial charge on any atom is 0.330 e. The van der Waals surface area contributed by atoms with Crippen molar-refractivity contribution in [3.05, 3.63) is 33.1 Å². The van der Waals surface area contributed by atoms with Gasteiger partial charge in [-0.05, 0) is 54.4 Å². The monoisotopic (exact) mass is 629 g/mol. The molecule has 0 aromatic carbocycles. The second-order valence-corrected chi connectivity index (χ2v) is 30.2. The number of aromatic nitrogens is 2. The Morgan fingerprint density at radius 1 is 0.927 bits per heavy atom. The first kappa shape index (κ1) is 35.8. The normalized spacial score (nSPS) is 25.3. The topological polar surface area (TPSA) is 124 Å². The molecule has 0 saturated carbocycles. The number of nitrogens with one attached hydrogen (secondary N) is 1. The van der Waals surface area contributed by atoms with E-state index in [0.29, 0.717) is 0 Å². The van der Waals surface area contributed by atoms with Crippen LogP contribution in [0.5, 0.6) is 0 Å². The summed E-state index contributed by atoms with van der Waals surface area (Å²) in [6.07, 6.45) is 0.218. The lowest BCUT2D eigenvalue weighted by Crippen LogP contribution is -2.59. The quantitative estimate of drug-likeness (QED) is 0.147. The van der Waals surface area contributed by atoms with Crippen molar-refractivity contribution in [2.45, 2.75) is 141 Å². The maximum atomic E-state index is 13.1. The lowest BCUT2D eigenvalue weighted by molar-refractivity contribution is -0.0813. The molecule has 2 heterocycles. The molecular formula is C28H55N3O7Si3. The zero-order chi connectivity index (χ0) is 32.0. The van der Waals surface area contributed by atoms with E-state index in [-0.39, 0.29) is 21.7 Å². The van der Waals surface area contributed by atoms with E-state index in [1.54, 1.807) is 0 Å². The fraction of sp³-hybridized carbons (Fsp3) is 0.821. The van der Waals surface area contributed by atoms with Crippen molar-refractivity contribution in [2.24, 2.45) is 5.16 Å². The minimum Gasteiger partial charge on any atom is -0.413 e. The van der Waals surface area contributed by atoms with E-state index < -0.39 is 60.2 Å². The van der Waals surface area contributed by atoms with Crippen LogP contribution in [0.3, 0.4) is 0 Å². The molecule has 0 radical (unpaired) electrons. The largest absolute Gasteiger partial charge is 0.413 e. The molecule has 0 spiro atoms. The van der Waals surface area contributed by atoms with Gasteiger partial charge in [-0.15, -0.1) is 0 Å². The van der Waals surface area contributed by atoms with Crippen LogP contribution in [0.2, 0.25) is 54.4 Å². The molecule has 10 nitrogen and oxygen atoms in total. The van der Waals surface area contributed by atoms with Crippen molar-refractivity contribution in [1.29, 1.82) is 0 Å². The van der Waals surface area contributed by atoms with Crippen LogP contribution in [0.1, 0.15) is 68.5 Å². The summed E-state index contributed by atoms with van der Waals surface area (Å²) in [6, 6.07) is 1.28. The minimum atomic E-state index is -2.49. The smallest absolute Gasteiger partial charge is 0.330 e. The molecule has 1 aromatic heterocycles. The molecule has 0 unspecified atom stereocenters. The third-order valence-electron chi connectivity index (χ3n) is 9.73. The molecule has 2 N–H and O–H groups in total. The van der Waals surface area contributed by atoms with Gasteiger partial charge in [0.25, 0.3) is 5.56 Å². The van der Waals surface area contributed by atoms with Crippen molar-refractivity contribution >= 4 is 31.2 Å². The molecule has 2 rings (SSSR count). The van der Waals surface area contributed by atoms with Gasteiger partial charge in [0.1, 0.15) is 12.2 Å². The summed E-state index contributed by atoms with van der Waals surface area (Å²) in [4.78, 5) is 27.5. The van der Waals surface area contributed by atoms with Gasteiger partial charge in [-0.1, -0.05) is 67.5 Å². The van der Waals surface area contributed by atoms with Crippen LogP contribution in [0.4, 0.5) is 0 Å². The van der Waals surface area contributed by atoms with Crippen LogP contribution in [-0.4, -0.2) is 70.3 Å². The van der Waals surface area contributed by atoms with Crippen LogP contribution in [0.15, 0.2) is 27.0 Å². The van der Waals surface area contributed by atoms with Crippen LogP contribution in [0.25, 0.3) is 0 Å². The van der Waals surface area contributed by atoms with Crippen LogP contribution < -0.4 is 11.2 Å². The van der Waals surface area contributed by atoms with E-state index in [0.717, 1.165) is 0 Å². The first-order valence-electron chi connectivity index (χ1n) is 14.4. The summed E-state index contributed by atoms with van der Waals surface area (Å²) >= 11 is 0. The Morgan fingerprint density at radius 2 is 1.41 bits per heavy atom. The third-order valence-corrected chi connectivity index (χ3v) is 23.1. The van der Waals surface area contributed by atoms with Gasteiger partial charge >= 0.3 is 5.69 Å². The first-order chi connectivity index (χ1) is 18.2. The predicted octanol–water partition coefficient (Wildman–Crippen LogP) is 6.07. The van der Waals surface area contributed by atoms with Crippen molar-refractivity contribution in [3.63, 3.8) is 0 Å². The van der Waals surface area contributed by atoms with Gasteiger partial charge in [0, 0.05) is 12.3 Å². The molecule has 1 saturated heterocycles. The van der Waals surface area contributed by atoms with Crippen molar-refractivity contribution < 1.29 is 23.2 Å². The summed E-state index contributed by atoms with van der Waals surface area (Å²) in [7, 11) is -7.28. The molecule has 4 atom stereocenters. The SMILES string of the molecule is CC(C)(C)[Si](C)(C)OC[C@@]1(/C=N/O)O[C@@H](n2ccc(=O)[nH]c2=O)[C@H](O[Si](C)(C)C(C)(C)C)[C@H]1O[Si](C)(C)C(C)(C)C. The molecule has 236 valence electrons. The maximum absolute atomic E-state index is 13.1. The number of aromatic amines is 1. The van der Waals surface area contributed by atoms with Gasteiger partial charge < -0.3 is 23.2 Å². The van der Waals surface area contributed by atoms with Crippen molar-refractivity contribution in [3.8, 4) is 0 Å². The Morgan fingerprint density at radius 3 is 1.85 bits per heavy atom. The second kappa shape index (κ2) is 11.6. The van der Waals surface area contributed by atoms with E-state index in [4.69, 9.17) is 18.0 Å². The van der Waals surface area contributed by atoms with E-state index in [1.807, 2.05) is 0 Å². The van der Waals surface area contributed by atoms with Crippen molar-refractivity contribution in [1.82, 2.24) is 9.55 Å². The molecule has 13 heteroatoms. The van der Waals surface area contributed by atoms with E-state index in [9.17, 15) is 14.8 Å². The summed E-state index contributed by atoms with van der Waals surface area (Å²) in [6.45, 7) is 32.2. The highest BCUT2D eigenvalue weighted by Crippen LogP contribution is 2.49. The predicted molar refractivity (Wildman–Crippen MR) is 172 cm³/mol. The number of hydrogen-bond donors (Lipinski definition) is 2. The number of nitrogens with zero attached hydrogens (tertiary/aromatic N) is 2. The molecule has 41 heavy (non-hydrogen) atoms. The van der Waals surface area contributed by atoms with Gasteiger partial charge in [-0.2, -0.15) is 0 Å². The standard InChI is InChI=1S/C28H55N3O7Si3/c1-25(2,3)39(10,11)35-19-28(18-29-34)22(38-41(14,15)27(7,8)9)21(37-40(12,13)26(4,5)6)23(36-28)31-17-16-20(32)30-24(31)33/h16-18,21-23,34H,19H2,1-15H3,(H,30,32,33)/b29-18+/t21-,22-,23-,28-/m1/s1. The molecule has 1 aliphatic heterocycles. The van der Waals surface area contributed by atoms with Crippen LogP contribution >= 0.6 is 0 Å². The number of rotatable bonds is 9. The Balaban J connectivity index is 2.88. The Hall–Kier alpha value is -1.36. The lowest BCUT2D eigenvalue weighted by Gasteiger charge is -2.46. The number of oxime groups is 1. The summed E-state index contributed by atoms with van der Waals surface area (Å²) in [5, 5.41) is 13.1. The molecule has 0 aliphatic carbocycles. The number of ether oxygens (including phenoxy) is 1. The fourth-order valence-electron chi connectivity index (χ4n) is 3.79. The van der Waals surface area contributed by atoms with Gasteiger partial charge in [0.05, 0.1) is 12.8 Å². The average molecular weight is 630 g/mol. The van der Waals surface area contributed by atoms with Crippen LogP contribution in [-0.2, 0) is 18.0 Å². The van der Waals surface area contributed by atoms with E-state index in [1.165, 1.54) is 23.0 Å². The van der Waals surface area contributed by atoms with Gasteiger partial charge in [0.2, 0.25) is 0 Å². The molecule has 0 amide bonds. The summed E-state index contributed by atoms with van der Waals surface area (Å²) < 4.78 is 29.0. The first-order valence-corrected chi connectivity index (χ1v) is 23.1. The number of hydrogen-bond acceptors (Lipinski definition) is 8. The minimum absolute atomic E-state index is 0.0405. The van der Waals surface area contributed by atoms with Gasteiger partial charge in [-0.3, -0.25) is 14.3 Å². The zero-order valence-electron chi connectivity index (χ0n) is 28.0. The molecule has 0 bridgehead atoms. The third kappa shape index (κ3) is 7.60. The second-order valence-electron chi connectivity index (χ2n) is 15.9. The lowest BCUT2D eigenvalue weighted by atomic mass is 9.97. The highest BCUT2D eigenvalue weighted by molar-refractivity contribution is 6.75. The number of H-pyrrole nitrogens is 1. The van der Waals surface area contributed by atoms with Crippen molar-refractivity contribution in [2.75, 3.05) is 6.61 Å².